The zero-order valence-corrected chi connectivity index (χ0v) is 9.01. The maximum atomic E-state index is 11.5. The van der Waals surface area contributed by atoms with Gasteiger partial charge in [-0.2, -0.15) is 0 Å². The Morgan fingerprint density at radius 2 is 1.43 bits per heavy atom. The summed E-state index contributed by atoms with van der Waals surface area (Å²) >= 11 is 0. The van der Waals surface area contributed by atoms with Crippen molar-refractivity contribution in [1.82, 2.24) is 0 Å². The first kappa shape index (κ1) is 10.0. The molecule has 0 radical (unpaired) electrons. The van der Waals surface area contributed by atoms with Crippen molar-refractivity contribution in [1.29, 1.82) is 0 Å². The third-order valence-electron chi connectivity index (χ3n) is 4.73. The predicted molar refractivity (Wildman–Crippen MR) is 55.1 cm³/mol. The normalized spacial score (nSPS) is 42.9. The minimum absolute atomic E-state index is 0.0926. The molecule has 1 N–H and O–H groups in total. The van der Waals surface area contributed by atoms with Gasteiger partial charge in [0, 0.05) is 0 Å². The fraction of sp³-hybridized carbons (Fsp3) is 0.917. The molecule has 0 bridgehead atoms. The summed E-state index contributed by atoms with van der Waals surface area (Å²) in [6, 6.07) is 0. The van der Waals surface area contributed by atoms with Crippen LogP contribution in [0.4, 0.5) is 0 Å². The van der Waals surface area contributed by atoms with Crippen LogP contribution in [0.15, 0.2) is 0 Å². The molecule has 0 aliphatic heterocycles. The van der Waals surface area contributed by atoms with E-state index in [1.165, 1.54) is 12.8 Å². The van der Waals surface area contributed by atoms with E-state index in [9.17, 15) is 9.90 Å². The van der Waals surface area contributed by atoms with Crippen molar-refractivity contribution in [2.75, 3.05) is 0 Å². The summed E-state index contributed by atoms with van der Waals surface area (Å²) in [4.78, 5) is 11.5. The molecular formula is C12H20O2. The predicted octanol–water partition coefficient (Wildman–Crippen LogP) is 3.21. The van der Waals surface area contributed by atoms with E-state index in [2.05, 4.69) is 6.92 Å². The van der Waals surface area contributed by atoms with Crippen molar-refractivity contribution >= 4 is 5.97 Å². The Labute approximate surface area is 85.7 Å². The first-order chi connectivity index (χ1) is 6.61. The first-order valence-corrected chi connectivity index (χ1v) is 5.84. The molecule has 0 spiro atoms. The molecule has 2 rings (SSSR count). The van der Waals surface area contributed by atoms with Crippen LogP contribution in [0, 0.1) is 10.8 Å². The van der Waals surface area contributed by atoms with Crippen LogP contribution in [0.25, 0.3) is 0 Å². The van der Waals surface area contributed by atoms with Crippen LogP contribution >= 0.6 is 0 Å². The largest absolute Gasteiger partial charge is 0.481 e. The fourth-order valence-electron chi connectivity index (χ4n) is 3.69. The quantitative estimate of drug-likeness (QED) is 0.699. The summed E-state index contributed by atoms with van der Waals surface area (Å²) in [7, 11) is 0. The molecule has 2 fully saturated rings. The van der Waals surface area contributed by atoms with Gasteiger partial charge in [-0.1, -0.05) is 32.6 Å². The van der Waals surface area contributed by atoms with Gasteiger partial charge in [0.15, 0.2) is 0 Å². The van der Waals surface area contributed by atoms with Crippen molar-refractivity contribution in [3.05, 3.63) is 0 Å². The number of carboxylic acids is 1. The van der Waals surface area contributed by atoms with E-state index in [1.807, 2.05) is 0 Å². The van der Waals surface area contributed by atoms with Crippen molar-refractivity contribution in [2.45, 2.75) is 58.3 Å². The van der Waals surface area contributed by atoms with E-state index >= 15 is 0 Å². The summed E-state index contributed by atoms with van der Waals surface area (Å²) in [6.45, 7) is 2.21. The van der Waals surface area contributed by atoms with E-state index in [1.54, 1.807) is 0 Å². The Morgan fingerprint density at radius 3 is 1.79 bits per heavy atom. The maximum Gasteiger partial charge on any atom is 0.310 e. The van der Waals surface area contributed by atoms with Crippen LogP contribution in [-0.2, 0) is 4.79 Å². The van der Waals surface area contributed by atoms with Crippen molar-refractivity contribution in [3.63, 3.8) is 0 Å². The van der Waals surface area contributed by atoms with Crippen LogP contribution in [0.1, 0.15) is 58.3 Å². The van der Waals surface area contributed by atoms with Gasteiger partial charge in [-0.25, -0.2) is 0 Å². The van der Waals surface area contributed by atoms with E-state index in [0.29, 0.717) is 0 Å². The van der Waals surface area contributed by atoms with Crippen LogP contribution < -0.4 is 0 Å². The summed E-state index contributed by atoms with van der Waals surface area (Å²) in [5.41, 5.74) is -0.279. The number of aliphatic carboxylic acids is 1. The fourth-order valence-corrected chi connectivity index (χ4v) is 3.69. The van der Waals surface area contributed by atoms with Crippen LogP contribution in [-0.4, -0.2) is 11.1 Å². The highest BCUT2D eigenvalue weighted by atomic mass is 16.4. The van der Waals surface area contributed by atoms with E-state index in [4.69, 9.17) is 0 Å². The number of hydrogen-bond acceptors (Lipinski definition) is 1. The summed E-state index contributed by atoms with van der Waals surface area (Å²) in [5, 5.41) is 9.49. The van der Waals surface area contributed by atoms with Gasteiger partial charge in [-0.15, -0.1) is 0 Å². The van der Waals surface area contributed by atoms with Crippen LogP contribution in [0.2, 0.25) is 0 Å². The molecule has 0 aromatic carbocycles. The third kappa shape index (κ3) is 1.19. The monoisotopic (exact) mass is 196 g/mol. The SMILES string of the molecule is CC12CCCCC1(C(=O)O)CCCC2. The lowest BCUT2D eigenvalue weighted by Crippen LogP contribution is -2.50. The molecular weight excluding hydrogens is 176 g/mol. The van der Waals surface area contributed by atoms with Gasteiger partial charge in [0.2, 0.25) is 0 Å². The smallest absolute Gasteiger partial charge is 0.310 e. The van der Waals surface area contributed by atoms with Gasteiger partial charge in [0.1, 0.15) is 0 Å². The number of fused-ring (bicyclic) bond motifs is 1. The van der Waals surface area contributed by atoms with Gasteiger partial charge < -0.3 is 5.11 Å². The summed E-state index contributed by atoms with van der Waals surface area (Å²) < 4.78 is 0. The Morgan fingerprint density at radius 1 is 1.00 bits per heavy atom. The molecule has 0 heterocycles. The van der Waals surface area contributed by atoms with Gasteiger partial charge in [-0.05, 0) is 31.1 Å². The first-order valence-electron chi connectivity index (χ1n) is 5.84. The standard InChI is InChI=1S/C12H20O2/c1-11-6-2-4-8-12(11,10(13)14)9-5-3-7-11/h2-9H2,1H3,(H,13,14). The molecule has 14 heavy (non-hydrogen) atoms. The van der Waals surface area contributed by atoms with E-state index in [-0.39, 0.29) is 10.8 Å². The van der Waals surface area contributed by atoms with Gasteiger partial charge in [0.25, 0.3) is 0 Å². The number of carbonyl (C=O) groups is 1. The molecule has 0 aromatic rings. The van der Waals surface area contributed by atoms with E-state index in [0.717, 1.165) is 38.5 Å². The Hall–Kier alpha value is -0.530. The average molecular weight is 196 g/mol. The molecule has 0 amide bonds. The molecule has 0 unspecified atom stereocenters. The lowest BCUT2D eigenvalue weighted by atomic mass is 9.51. The van der Waals surface area contributed by atoms with Gasteiger partial charge >= 0.3 is 5.97 Å². The van der Waals surface area contributed by atoms with Crippen LogP contribution in [0.5, 0.6) is 0 Å². The van der Waals surface area contributed by atoms with Crippen LogP contribution in [0.3, 0.4) is 0 Å². The molecule has 0 atom stereocenters. The second-order valence-corrected chi connectivity index (χ2v) is 5.36. The topological polar surface area (TPSA) is 37.3 Å². The van der Waals surface area contributed by atoms with Gasteiger partial charge in [0.05, 0.1) is 5.41 Å². The highest BCUT2D eigenvalue weighted by Crippen LogP contribution is 2.58. The molecule has 2 aliphatic carbocycles. The Kier molecular flexibility index (Phi) is 2.32. The van der Waals surface area contributed by atoms with Gasteiger partial charge in [-0.3, -0.25) is 4.79 Å². The lowest BCUT2D eigenvalue weighted by Gasteiger charge is -2.52. The van der Waals surface area contributed by atoms with Crippen molar-refractivity contribution < 1.29 is 9.90 Å². The average Bonchev–Trinajstić information content (AvgIpc) is 2.16. The molecule has 0 aromatic heterocycles. The second-order valence-electron chi connectivity index (χ2n) is 5.36. The zero-order valence-electron chi connectivity index (χ0n) is 9.01. The molecule has 2 nitrogen and oxygen atoms in total. The lowest BCUT2D eigenvalue weighted by molar-refractivity contribution is -0.167. The molecule has 2 heteroatoms. The number of hydrogen-bond donors (Lipinski definition) is 1. The number of rotatable bonds is 1. The minimum Gasteiger partial charge on any atom is -0.481 e. The third-order valence-corrected chi connectivity index (χ3v) is 4.73. The molecule has 80 valence electrons. The summed E-state index contributed by atoms with van der Waals surface area (Å²) in [5.74, 6) is -0.528. The molecule has 0 saturated heterocycles. The molecule has 2 aliphatic rings. The van der Waals surface area contributed by atoms with Crippen molar-refractivity contribution in [2.24, 2.45) is 10.8 Å². The second kappa shape index (κ2) is 3.25. The highest BCUT2D eigenvalue weighted by Gasteiger charge is 2.55. The van der Waals surface area contributed by atoms with E-state index < -0.39 is 5.97 Å². The highest BCUT2D eigenvalue weighted by molar-refractivity contribution is 5.76. The molecule has 2 saturated carbocycles. The minimum atomic E-state index is -0.528. The van der Waals surface area contributed by atoms with Crippen molar-refractivity contribution in [3.8, 4) is 0 Å². The Bertz CT molecular complexity index is 233. The maximum absolute atomic E-state index is 11.5. The summed E-state index contributed by atoms with van der Waals surface area (Å²) in [6.07, 6.45) is 8.76. The zero-order chi connectivity index (χ0) is 10.2. The number of carboxylic acid groups (broad SMARTS) is 1. The Balaban J connectivity index is 2.34.